The SMILES string of the molecule is O=C(O)C(Cc1ccccc1)c1nc2ncncc2[nH]1. The minimum Gasteiger partial charge on any atom is -0.481 e. The van der Waals surface area contributed by atoms with Crippen molar-refractivity contribution in [3.63, 3.8) is 0 Å². The smallest absolute Gasteiger partial charge is 0.314 e. The monoisotopic (exact) mass is 268 g/mol. The summed E-state index contributed by atoms with van der Waals surface area (Å²) in [7, 11) is 0. The number of nitrogens with zero attached hydrogens (tertiary/aromatic N) is 3. The zero-order valence-electron chi connectivity index (χ0n) is 10.5. The first kappa shape index (κ1) is 12.3. The molecule has 100 valence electrons. The summed E-state index contributed by atoms with van der Waals surface area (Å²) in [5.74, 6) is -1.25. The van der Waals surface area contributed by atoms with Gasteiger partial charge in [-0.3, -0.25) is 4.79 Å². The van der Waals surface area contributed by atoms with Crippen molar-refractivity contribution in [1.82, 2.24) is 19.9 Å². The fourth-order valence-electron chi connectivity index (χ4n) is 2.10. The number of rotatable bonds is 4. The Labute approximate surface area is 114 Å². The normalized spacial score (nSPS) is 12.4. The van der Waals surface area contributed by atoms with Gasteiger partial charge in [0.25, 0.3) is 0 Å². The molecule has 0 spiro atoms. The van der Waals surface area contributed by atoms with Gasteiger partial charge in [0.15, 0.2) is 5.65 Å². The minimum absolute atomic E-state index is 0.378. The fourth-order valence-corrected chi connectivity index (χ4v) is 2.10. The first-order chi connectivity index (χ1) is 9.74. The van der Waals surface area contributed by atoms with Gasteiger partial charge in [-0.2, -0.15) is 0 Å². The van der Waals surface area contributed by atoms with Gasteiger partial charge in [-0.1, -0.05) is 30.3 Å². The van der Waals surface area contributed by atoms with Crippen LogP contribution in [0.25, 0.3) is 11.2 Å². The van der Waals surface area contributed by atoms with Crippen molar-refractivity contribution in [3.8, 4) is 0 Å². The molecule has 6 nitrogen and oxygen atoms in total. The second-order valence-corrected chi connectivity index (χ2v) is 4.46. The Balaban J connectivity index is 1.96. The van der Waals surface area contributed by atoms with Crippen LogP contribution in [-0.4, -0.2) is 31.0 Å². The molecular weight excluding hydrogens is 256 g/mol. The molecule has 0 radical (unpaired) electrons. The molecule has 0 saturated carbocycles. The predicted molar refractivity (Wildman–Crippen MR) is 72.2 cm³/mol. The Morgan fingerprint density at radius 1 is 1.30 bits per heavy atom. The Kier molecular flexibility index (Phi) is 3.12. The molecule has 0 fully saturated rings. The van der Waals surface area contributed by atoms with Crippen LogP contribution >= 0.6 is 0 Å². The molecule has 2 heterocycles. The van der Waals surface area contributed by atoms with E-state index >= 15 is 0 Å². The van der Waals surface area contributed by atoms with Gasteiger partial charge in [0.2, 0.25) is 0 Å². The summed E-state index contributed by atoms with van der Waals surface area (Å²) in [6, 6.07) is 9.48. The maximum absolute atomic E-state index is 11.5. The number of hydrogen-bond donors (Lipinski definition) is 2. The average Bonchev–Trinajstić information content (AvgIpc) is 2.89. The molecule has 0 aliphatic heterocycles. The third-order valence-corrected chi connectivity index (χ3v) is 3.09. The van der Waals surface area contributed by atoms with Crippen LogP contribution in [0.15, 0.2) is 42.9 Å². The predicted octanol–water partition coefficient (Wildman–Crippen LogP) is 1.76. The van der Waals surface area contributed by atoms with E-state index in [1.165, 1.54) is 6.33 Å². The van der Waals surface area contributed by atoms with Gasteiger partial charge >= 0.3 is 5.97 Å². The number of carboxylic acid groups (broad SMARTS) is 1. The van der Waals surface area contributed by atoms with E-state index in [2.05, 4.69) is 19.9 Å². The molecule has 1 unspecified atom stereocenters. The molecule has 20 heavy (non-hydrogen) atoms. The van der Waals surface area contributed by atoms with E-state index in [9.17, 15) is 9.90 Å². The highest BCUT2D eigenvalue weighted by molar-refractivity contribution is 5.77. The summed E-state index contributed by atoms with van der Waals surface area (Å²) in [5, 5.41) is 9.42. The fraction of sp³-hybridized carbons (Fsp3) is 0.143. The van der Waals surface area contributed by atoms with E-state index in [0.717, 1.165) is 5.56 Å². The van der Waals surface area contributed by atoms with Crippen molar-refractivity contribution >= 4 is 17.1 Å². The summed E-state index contributed by atoms with van der Waals surface area (Å²) in [4.78, 5) is 26.6. The summed E-state index contributed by atoms with van der Waals surface area (Å²) in [6.45, 7) is 0. The minimum atomic E-state index is -0.916. The Hall–Kier alpha value is -2.76. The highest BCUT2D eigenvalue weighted by Crippen LogP contribution is 2.20. The van der Waals surface area contributed by atoms with Crippen molar-refractivity contribution < 1.29 is 9.90 Å². The number of H-pyrrole nitrogens is 1. The maximum Gasteiger partial charge on any atom is 0.314 e. The van der Waals surface area contributed by atoms with Crippen LogP contribution < -0.4 is 0 Å². The van der Waals surface area contributed by atoms with Crippen LogP contribution in [0.5, 0.6) is 0 Å². The van der Waals surface area contributed by atoms with Gasteiger partial charge in [-0.15, -0.1) is 0 Å². The van der Waals surface area contributed by atoms with Crippen LogP contribution in [0.2, 0.25) is 0 Å². The zero-order chi connectivity index (χ0) is 13.9. The molecule has 2 N–H and O–H groups in total. The van der Waals surface area contributed by atoms with E-state index in [0.29, 0.717) is 23.4 Å². The lowest BCUT2D eigenvalue weighted by atomic mass is 9.99. The topological polar surface area (TPSA) is 91.8 Å². The molecule has 2 aromatic heterocycles. The van der Waals surface area contributed by atoms with E-state index < -0.39 is 11.9 Å². The van der Waals surface area contributed by atoms with Crippen molar-refractivity contribution in [1.29, 1.82) is 0 Å². The number of hydrogen-bond acceptors (Lipinski definition) is 4. The van der Waals surface area contributed by atoms with Crippen LogP contribution in [0, 0.1) is 0 Å². The molecule has 0 saturated heterocycles. The number of nitrogens with one attached hydrogen (secondary N) is 1. The number of aromatic nitrogens is 4. The van der Waals surface area contributed by atoms with Crippen molar-refractivity contribution in [2.75, 3.05) is 0 Å². The molecule has 1 aromatic carbocycles. The number of fused-ring (bicyclic) bond motifs is 1. The number of carbonyl (C=O) groups is 1. The van der Waals surface area contributed by atoms with E-state index in [1.54, 1.807) is 6.20 Å². The third kappa shape index (κ3) is 2.35. The third-order valence-electron chi connectivity index (χ3n) is 3.09. The summed E-state index contributed by atoms with van der Waals surface area (Å²) < 4.78 is 0. The maximum atomic E-state index is 11.5. The van der Waals surface area contributed by atoms with E-state index in [-0.39, 0.29) is 0 Å². The van der Waals surface area contributed by atoms with Crippen LogP contribution in [-0.2, 0) is 11.2 Å². The molecule has 1 atom stereocenters. The van der Waals surface area contributed by atoms with Gasteiger partial charge < -0.3 is 10.1 Å². The van der Waals surface area contributed by atoms with Gasteiger partial charge in [-0.05, 0) is 12.0 Å². The number of aliphatic carboxylic acids is 1. The highest BCUT2D eigenvalue weighted by atomic mass is 16.4. The molecule has 0 aliphatic carbocycles. The van der Waals surface area contributed by atoms with Gasteiger partial charge in [0.05, 0.1) is 6.20 Å². The first-order valence-corrected chi connectivity index (χ1v) is 6.16. The number of benzene rings is 1. The van der Waals surface area contributed by atoms with E-state index in [1.807, 2.05) is 30.3 Å². The molecule has 6 heteroatoms. The number of aromatic amines is 1. The van der Waals surface area contributed by atoms with Crippen LogP contribution in [0.3, 0.4) is 0 Å². The van der Waals surface area contributed by atoms with Gasteiger partial charge in [-0.25, -0.2) is 15.0 Å². The quantitative estimate of drug-likeness (QED) is 0.752. The summed E-state index contributed by atoms with van der Waals surface area (Å²) in [6.07, 6.45) is 3.35. The summed E-state index contributed by atoms with van der Waals surface area (Å²) >= 11 is 0. The Bertz CT molecular complexity index is 706. The highest BCUT2D eigenvalue weighted by Gasteiger charge is 2.24. The molecular formula is C14H12N4O2. The number of imidazole rings is 1. The van der Waals surface area contributed by atoms with Crippen molar-refractivity contribution in [2.24, 2.45) is 0 Å². The van der Waals surface area contributed by atoms with Crippen molar-refractivity contribution in [3.05, 3.63) is 54.2 Å². The lowest BCUT2D eigenvalue weighted by Gasteiger charge is -2.09. The Morgan fingerprint density at radius 2 is 2.10 bits per heavy atom. The zero-order valence-corrected chi connectivity index (χ0v) is 10.5. The second-order valence-electron chi connectivity index (χ2n) is 4.46. The lowest BCUT2D eigenvalue weighted by Crippen LogP contribution is -2.15. The molecule has 0 amide bonds. The molecule has 3 aromatic rings. The first-order valence-electron chi connectivity index (χ1n) is 6.16. The van der Waals surface area contributed by atoms with Crippen LogP contribution in [0.1, 0.15) is 17.3 Å². The second kappa shape index (κ2) is 5.08. The van der Waals surface area contributed by atoms with E-state index in [4.69, 9.17) is 0 Å². The summed E-state index contributed by atoms with van der Waals surface area (Å²) in [5.41, 5.74) is 2.07. The van der Waals surface area contributed by atoms with Crippen LogP contribution in [0.4, 0.5) is 0 Å². The van der Waals surface area contributed by atoms with Crippen molar-refractivity contribution in [2.45, 2.75) is 12.3 Å². The van der Waals surface area contributed by atoms with Gasteiger partial charge in [0.1, 0.15) is 23.6 Å². The lowest BCUT2D eigenvalue weighted by molar-refractivity contribution is -0.138. The molecule has 0 bridgehead atoms. The largest absolute Gasteiger partial charge is 0.481 e. The standard InChI is InChI=1S/C14H12N4O2/c19-14(20)10(6-9-4-2-1-3-5-9)12-17-11-7-15-8-16-13(11)18-12/h1-5,7-8,10H,6H2,(H,19,20)(H,15,16,17,18). The number of carboxylic acids is 1. The Morgan fingerprint density at radius 3 is 2.80 bits per heavy atom. The molecule has 3 rings (SSSR count). The average molecular weight is 268 g/mol. The molecule has 0 aliphatic rings. The van der Waals surface area contributed by atoms with Gasteiger partial charge in [0, 0.05) is 0 Å².